The summed E-state index contributed by atoms with van der Waals surface area (Å²) in [7, 11) is 1.79. The molecule has 2 nitrogen and oxygen atoms in total. The van der Waals surface area contributed by atoms with Crippen molar-refractivity contribution < 1.29 is 17.6 Å². The maximum Gasteiger partial charge on any atom is 0.419 e. The molecule has 0 radical (unpaired) electrons. The Morgan fingerprint density at radius 3 is 2.09 bits per heavy atom. The van der Waals surface area contributed by atoms with Gasteiger partial charge in [0.15, 0.2) is 0 Å². The van der Waals surface area contributed by atoms with Crippen molar-refractivity contribution in [3.05, 3.63) is 58.4 Å². The molecule has 0 aromatic heterocycles. The fourth-order valence-electron chi connectivity index (χ4n) is 2.42. The monoisotopic (exact) mass is 326 g/mol. The molecule has 124 valence electrons. The SMILES string of the molecule is Cc1cc(N(C)Cc2ccc(C(F)(F)F)c(F)c2)cc(C)c1N. The molecule has 0 saturated carbocycles. The lowest BCUT2D eigenvalue weighted by atomic mass is 10.1. The molecule has 2 N–H and O–H groups in total. The minimum Gasteiger partial charge on any atom is -0.398 e. The summed E-state index contributed by atoms with van der Waals surface area (Å²) >= 11 is 0. The van der Waals surface area contributed by atoms with Gasteiger partial charge in [0, 0.05) is 25.0 Å². The van der Waals surface area contributed by atoms with Crippen molar-refractivity contribution in [2.45, 2.75) is 26.6 Å². The van der Waals surface area contributed by atoms with Gasteiger partial charge in [-0.3, -0.25) is 0 Å². The van der Waals surface area contributed by atoms with E-state index in [2.05, 4.69) is 0 Å². The molecular weight excluding hydrogens is 308 g/mol. The van der Waals surface area contributed by atoms with E-state index < -0.39 is 17.6 Å². The first-order valence-corrected chi connectivity index (χ1v) is 7.03. The van der Waals surface area contributed by atoms with Gasteiger partial charge in [0.2, 0.25) is 0 Å². The van der Waals surface area contributed by atoms with Crippen LogP contribution in [0.25, 0.3) is 0 Å². The lowest BCUT2D eigenvalue weighted by molar-refractivity contribution is -0.140. The van der Waals surface area contributed by atoms with E-state index in [0.29, 0.717) is 11.3 Å². The standard InChI is InChI=1S/C17H18F4N2/c1-10-6-13(7-11(2)16(10)22)23(3)9-12-4-5-14(15(18)8-12)17(19,20)21/h4-8H,9,22H2,1-3H3. The van der Waals surface area contributed by atoms with E-state index in [9.17, 15) is 17.6 Å². The number of nitrogens with two attached hydrogens (primary N) is 1. The van der Waals surface area contributed by atoms with Crippen molar-refractivity contribution in [1.29, 1.82) is 0 Å². The van der Waals surface area contributed by atoms with Crippen molar-refractivity contribution in [3.8, 4) is 0 Å². The van der Waals surface area contributed by atoms with E-state index in [1.54, 1.807) is 7.05 Å². The molecule has 0 heterocycles. The predicted molar refractivity (Wildman–Crippen MR) is 83.8 cm³/mol. The summed E-state index contributed by atoms with van der Waals surface area (Å²) in [6, 6.07) is 6.78. The van der Waals surface area contributed by atoms with Gasteiger partial charge >= 0.3 is 6.18 Å². The second-order valence-electron chi connectivity index (χ2n) is 5.66. The molecule has 0 amide bonds. The third kappa shape index (κ3) is 3.75. The van der Waals surface area contributed by atoms with Crippen LogP contribution in [0.4, 0.5) is 28.9 Å². The first kappa shape index (κ1) is 17.1. The van der Waals surface area contributed by atoms with Gasteiger partial charge in [0.1, 0.15) is 5.82 Å². The molecule has 23 heavy (non-hydrogen) atoms. The molecule has 0 aliphatic carbocycles. The second-order valence-corrected chi connectivity index (χ2v) is 5.66. The zero-order valence-corrected chi connectivity index (χ0v) is 13.1. The zero-order chi connectivity index (χ0) is 17.4. The van der Waals surface area contributed by atoms with Gasteiger partial charge < -0.3 is 10.6 Å². The Bertz CT molecular complexity index is 700. The van der Waals surface area contributed by atoms with Gasteiger partial charge in [0.25, 0.3) is 0 Å². The van der Waals surface area contributed by atoms with Crippen LogP contribution in [0.5, 0.6) is 0 Å². The van der Waals surface area contributed by atoms with Crippen LogP contribution in [-0.2, 0) is 12.7 Å². The van der Waals surface area contributed by atoms with E-state index in [-0.39, 0.29) is 6.54 Å². The van der Waals surface area contributed by atoms with Gasteiger partial charge in [0.05, 0.1) is 5.56 Å². The molecule has 2 aromatic carbocycles. The Hall–Kier alpha value is -2.24. The Morgan fingerprint density at radius 2 is 1.61 bits per heavy atom. The van der Waals surface area contributed by atoms with Crippen LogP contribution < -0.4 is 10.6 Å². The van der Waals surface area contributed by atoms with Gasteiger partial charge in [-0.15, -0.1) is 0 Å². The molecule has 2 aromatic rings. The van der Waals surface area contributed by atoms with Gasteiger partial charge in [-0.25, -0.2) is 4.39 Å². The smallest absolute Gasteiger partial charge is 0.398 e. The van der Waals surface area contributed by atoms with E-state index in [0.717, 1.165) is 28.9 Å². The van der Waals surface area contributed by atoms with Gasteiger partial charge in [-0.1, -0.05) is 6.07 Å². The van der Waals surface area contributed by atoms with Crippen molar-refractivity contribution in [1.82, 2.24) is 0 Å². The third-order valence-electron chi connectivity index (χ3n) is 3.78. The topological polar surface area (TPSA) is 29.3 Å². The fourth-order valence-corrected chi connectivity index (χ4v) is 2.42. The Kier molecular flexibility index (Phi) is 4.54. The first-order chi connectivity index (χ1) is 10.6. The second kappa shape index (κ2) is 6.10. The lowest BCUT2D eigenvalue weighted by Crippen LogP contribution is -2.17. The fraction of sp³-hybridized carbons (Fsp3) is 0.294. The molecule has 0 aliphatic heterocycles. The molecule has 0 spiro atoms. The van der Waals surface area contributed by atoms with Crippen LogP contribution in [0.1, 0.15) is 22.3 Å². The Morgan fingerprint density at radius 1 is 1.04 bits per heavy atom. The van der Waals surface area contributed by atoms with Gasteiger partial charge in [-0.2, -0.15) is 13.2 Å². The van der Waals surface area contributed by atoms with Crippen LogP contribution in [0.2, 0.25) is 0 Å². The number of hydrogen-bond donors (Lipinski definition) is 1. The van der Waals surface area contributed by atoms with Crippen molar-refractivity contribution in [3.63, 3.8) is 0 Å². The van der Waals surface area contributed by atoms with E-state index in [1.165, 1.54) is 6.07 Å². The summed E-state index contributed by atoms with van der Waals surface area (Å²) in [6.45, 7) is 4.06. The highest BCUT2D eigenvalue weighted by atomic mass is 19.4. The van der Waals surface area contributed by atoms with Crippen LogP contribution >= 0.6 is 0 Å². The highest BCUT2D eigenvalue weighted by Gasteiger charge is 2.33. The molecule has 6 heteroatoms. The van der Waals surface area contributed by atoms with Crippen molar-refractivity contribution in [2.75, 3.05) is 17.7 Å². The molecule has 0 unspecified atom stereocenters. The number of alkyl halides is 3. The van der Waals surface area contributed by atoms with E-state index in [4.69, 9.17) is 5.73 Å². The van der Waals surface area contributed by atoms with E-state index in [1.807, 2.05) is 30.9 Å². The third-order valence-corrected chi connectivity index (χ3v) is 3.78. The average molecular weight is 326 g/mol. The summed E-state index contributed by atoms with van der Waals surface area (Å²) < 4.78 is 51.3. The van der Waals surface area contributed by atoms with Crippen LogP contribution in [0.15, 0.2) is 30.3 Å². The maximum atomic E-state index is 13.6. The number of anilines is 2. The molecule has 0 aliphatic rings. The van der Waals surface area contributed by atoms with Crippen LogP contribution in [0, 0.1) is 19.7 Å². The summed E-state index contributed by atoms with van der Waals surface area (Å²) in [4.78, 5) is 1.83. The molecular formula is C17H18F4N2. The number of nitrogen functional groups attached to an aromatic ring is 1. The molecule has 0 bridgehead atoms. The zero-order valence-electron chi connectivity index (χ0n) is 13.1. The number of benzene rings is 2. The highest BCUT2D eigenvalue weighted by Crippen LogP contribution is 2.32. The van der Waals surface area contributed by atoms with Crippen LogP contribution in [0.3, 0.4) is 0 Å². The minimum absolute atomic E-state index is 0.290. The van der Waals surface area contributed by atoms with Crippen LogP contribution in [-0.4, -0.2) is 7.05 Å². The van der Waals surface area contributed by atoms with Gasteiger partial charge in [-0.05, 0) is 54.8 Å². The van der Waals surface area contributed by atoms with Crippen molar-refractivity contribution in [2.24, 2.45) is 0 Å². The number of hydrogen-bond acceptors (Lipinski definition) is 2. The van der Waals surface area contributed by atoms with Crippen molar-refractivity contribution >= 4 is 11.4 Å². The number of nitrogens with zero attached hydrogens (tertiary/aromatic N) is 1. The normalized spacial score (nSPS) is 11.6. The first-order valence-electron chi connectivity index (χ1n) is 7.03. The Labute approximate surface area is 132 Å². The number of halogens is 4. The Balaban J connectivity index is 2.24. The minimum atomic E-state index is -4.68. The van der Waals surface area contributed by atoms with E-state index >= 15 is 0 Å². The highest BCUT2D eigenvalue weighted by molar-refractivity contribution is 5.62. The molecule has 2 rings (SSSR count). The summed E-state index contributed by atoms with van der Waals surface area (Å²) in [6.07, 6.45) is -4.68. The summed E-state index contributed by atoms with van der Waals surface area (Å²) in [5, 5.41) is 0. The summed E-state index contributed by atoms with van der Waals surface area (Å²) in [5.74, 6) is -1.26. The molecule has 0 atom stereocenters. The number of rotatable bonds is 3. The average Bonchev–Trinajstić information content (AvgIpc) is 2.42. The number of aryl methyl sites for hydroxylation is 2. The summed E-state index contributed by atoms with van der Waals surface area (Å²) in [5.41, 5.74) is 8.55. The quantitative estimate of drug-likeness (QED) is 0.655. The molecule has 0 fully saturated rings. The maximum absolute atomic E-state index is 13.6. The lowest BCUT2D eigenvalue weighted by Gasteiger charge is -2.22. The predicted octanol–water partition coefficient (Wildman–Crippen LogP) is 4.68. The molecule has 0 saturated heterocycles. The largest absolute Gasteiger partial charge is 0.419 e.